The van der Waals surface area contributed by atoms with Gasteiger partial charge >= 0.3 is 0 Å². The molecule has 1 aromatic rings. The van der Waals surface area contributed by atoms with Crippen molar-refractivity contribution < 1.29 is 20.1 Å². The number of carbonyl (C=O) groups is 1. The first kappa shape index (κ1) is 14.8. The Bertz CT molecular complexity index is 599. The van der Waals surface area contributed by atoms with Crippen LogP contribution in [-0.4, -0.2) is 34.3 Å². The Morgan fingerprint density at radius 2 is 1.85 bits per heavy atom. The number of aldehydes is 1. The minimum atomic E-state index is -1.03. The summed E-state index contributed by atoms with van der Waals surface area (Å²) in [5.41, 5.74) is 4.96. The minimum absolute atomic E-state index is 0.0337. The highest BCUT2D eigenvalue weighted by atomic mass is 16.3. The highest BCUT2D eigenvalue weighted by Crippen LogP contribution is 2.41. The zero-order valence-corrected chi connectivity index (χ0v) is 12.0. The quantitative estimate of drug-likeness (QED) is 0.737. The molecule has 0 radical (unpaired) electrons. The van der Waals surface area contributed by atoms with E-state index in [1.165, 1.54) is 0 Å². The Kier molecular flexibility index (Phi) is 3.97. The molecule has 0 bridgehead atoms. The van der Waals surface area contributed by atoms with Gasteiger partial charge in [0.2, 0.25) is 0 Å². The number of rotatable bonds is 3. The van der Waals surface area contributed by atoms with Crippen molar-refractivity contribution >= 4 is 11.9 Å². The molecule has 0 aromatic heterocycles. The lowest BCUT2D eigenvalue weighted by Gasteiger charge is -2.28. The van der Waals surface area contributed by atoms with Gasteiger partial charge in [-0.1, -0.05) is 5.57 Å². The van der Waals surface area contributed by atoms with Gasteiger partial charge in [-0.2, -0.15) is 0 Å². The van der Waals surface area contributed by atoms with Gasteiger partial charge in [0, 0.05) is 0 Å². The van der Waals surface area contributed by atoms with Gasteiger partial charge in [-0.15, -0.1) is 0 Å². The van der Waals surface area contributed by atoms with Gasteiger partial charge in [-0.25, -0.2) is 0 Å². The van der Waals surface area contributed by atoms with Crippen LogP contribution in [0.2, 0.25) is 0 Å². The number of aliphatic hydroxyl groups excluding tert-OH is 2. The maximum absolute atomic E-state index is 11.4. The predicted octanol–water partition coefficient (Wildman–Crippen LogP) is 1.89. The number of allylic oxidation sites excluding steroid dienone is 1. The number of aromatic hydroxyl groups is 1. The molecular formula is C16H20O4. The molecule has 20 heavy (non-hydrogen) atoms. The third-order valence-electron chi connectivity index (χ3n) is 4.30. The molecule has 0 spiro atoms. The Morgan fingerprint density at radius 1 is 1.20 bits per heavy atom. The van der Waals surface area contributed by atoms with Crippen molar-refractivity contribution in [2.24, 2.45) is 0 Å². The molecule has 0 amide bonds. The molecule has 108 valence electrons. The third kappa shape index (κ3) is 2.05. The van der Waals surface area contributed by atoms with Crippen LogP contribution in [0.25, 0.3) is 5.57 Å². The van der Waals surface area contributed by atoms with Crippen LogP contribution < -0.4 is 0 Å². The van der Waals surface area contributed by atoms with Crippen molar-refractivity contribution in [3.05, 3.63) is 33.4 Å². The summed E-state index contributed by atoms with van der Waals surface area (Å²) in [6, 6.07) is 0. The molecule has 0 aliphatic heterocycles. The molecule has 2 rings (SSSR count). The first-order valence-corrected chi connectivity index (χ1v) is 6.73. The van der Waals surface area contributed by atoms with E-state index in [0.717, 1.165) is 29.5 Å². The summed E-state index contributed by atoms with van der Waals surface area (Å²) >= 11 is 0. The van der Waals surface area contributed by atoms with Gasteiger partial charge in [-0.05, 0) is 61.4 Å². The maximum atomic E-state index is 11.4. The molecule has 0 fully saturated rings. The first-order valence-electron chi connectivity index (χ1n) is 6.73. The molecule has 4 heteroatoms. The van der Waals surface area contributed by atoms with Crippen LogP contribution >= 0.6 is 0 Å². The molecule has 1 atom stereocenters. The van der Waals surface area contributed by atoms with Crippen molar-refractivity contribution in [2.75, 3.05) is 6.61 Å². The van der Waals surface area contributed by atoms with Gasteiger partial charge in [0.25, 0.3) is 0 Å². The lowest BCUT2D eigenvalue weighted by molar-refractivity contribution is 0.111. The van der Waals surface area contributed by atoms with Crippen molar-refractivity contribution in [3.8, 4) is 5.75 Å². The maximum Gasteiger partial charge on any atom is 0.154 e. The number of phenolic OH excluding ortho intramolecular Hbond substituents is 1. The fourth-order valence-corrected chi connectivity index (χ4v) is 3.01. The van der Waals surface area contributed by atoms with Crippen LogP contribution in [0, 0.1) is 13.8 Å². The smallest absolute Gasteiger partial charge is 0.154 e. The van der Waals surface area contributed by atoms with Crippen LogP contribution in [0.15, 0.2) is 5.57 Å². The largest absolute Gasteiger partial charge is 0.507 e. The minimum Gasteiger partial charge on any atom is -0.507 e. The fourth-order valence-electron chi connectivity index (χ4n) is 3.01. The number of hydrogen-bond donors (Lipinski definition) is 3. The first-order chi connectivity index (χ1) is 9.43. The van der Waals surface area contributed by atoms with Crippen molar-refractivity contribution in [1.82, 2.24) is 0 Å². The molecule has 1 aliphatic carbocycles. The van der Waals surface area contributed by atoms with Crippen molar-refractivity contribution in [2.45, 2.75) is 39.7 Å². The standard InChI is InChI=1S/C16H20O4/c1-8-4-5-11-9(2)10(3)16(20)12(6-17)15(11)14(8)13(19)7-18/h6,13,18-20H,4-5,7H2,1-3H3. The lowest BCUT2D eigenvalue weighted by Crippen LogP contribution is -2.21. The Balaban J connectivity index is 2.85. The van der Waals surface area contributed by atoms with Gasteiger partial charge in [0.15, 0.2) is 6.29 Å². The summed E-state index contributed by atoms with van der Waals surface area (Å²) in [5.74, 6) is -0.0337. The van der Waals surface area contributed by atoms with Crippen molar-refractivity contribution in [1.29, 1.82) is 0 Å². The fraction of sp³-hybridized carbons (Fsp3) is 0.438. The summed E-state index contributed by atoms with van der Waals surface area (Å²) in [7, 11) is 0. The molecule has 1 aromatic carbocycles. The highest BCUT2D eigenvalue weighted by Gasteiger charge is 2.28. The molecule has 4 nitrogen and oxygen atoms in total. The summed E-state index contributed by atoms with van der Waals surface area (Å²) in [5, 5.41) is 29.5. The van der Waals surface area contributed by atoms with Crippen LogP contribution in [0.4, 0.5) is 0 Å². The van der Waals surface area contributed by atoms with Gasteiger partial charge < -0.3 is 15.3 Å². The second-order valence-corrected chi connectivity index (χ2v) is 5.38. The molecular weight excluding hydrogens is 256 g/mol. The second kappa shape index (κ2) is 5.38. The Hall–Kier alpha value is -1.65. The van der Waals surface area contributed by atoms with E-state index in [9.17, 15) is 20.1 Å². The van der Waals surface area contributed by atoms with Gasteiger partial charge in [0.05, 0.1) is 12.2 Å². The molecule has 1 aliphatic rings. The van der Waals surface area contributed by atoms with E-state index in [4.69, 9.17) is 0 Å². The molecule has 0 saturated heterocycles. The summed E-state index contributed by atoms with van der Waals surface area (Å²) in [6.07, 6.45) is 1.15. The van der Waals surface area contributed by atoms with E-state index in [1.807, 2.05) is 13.8 Å². The van der Waals surface area contributed by atoms with Crippen LogP contribution in [0.1, 0.15) is 46.0 Å². The monoisotopic (exact) mass is 276 g/mol. The predicted molar refractivity (Wildman–Crippen MR) is 77.0 cm³/mol. The average molecular weight is 276 g/mol. The van der Waals surface area contributed by atoms with Crippen molar-refractivity contribution in [3.63, 3.8) is 0 Å². The molecule has 3 N–H and O–H groups in total. The SMILES string of the molecule is CC1=C(C(O)CO)c2c(C=O)c(O)c(C)c(C)c2CC1. The third-order valence-corrected chi connectivity index (χ3v) is 4.30. The number of aliphatic hydroxyl groups is 2. The Labute approximate surface area is 118 Å². The average Bonchev–Trinajstić information content (AvgIpc) is 2.44. The number of benzene rings is 1. The molecule has 0 heterocycles. The lowest BCUT2D eigenvalue weighted by atomic mass is 9.78. The summed E-state index contributed by atoms with van der Waals surface area (Å²) in [4.78, 5) is 11.4. The highest BCUT2D eigenvalue weighted by molar-refractivity contribution is 5.93. The van der Waals surface area contributed by atoms with E-state index < -0.39 is 12.7 Å². The number of phenols is 1. The topological polar surface area (TPSA) is 77.8 Å². The van der Waals surface area contributed by atoms with Gasteiger partial charge in [0.1, 0.15) is 11.9 Å². The molecule has 0 saturated carbocycles. The van der Waals surface area contributed by atoms with Gasteiger partial charge in [-0.3, -0.25) is 4.79 Å². The van der Waals surface area contributed by atoms with E-state index in [0.29, 0.717) is 23.0 Å². The number of carbonyl (C=O) groups excluding carboxylic acids is 1. The second-order valence-electron chi connectivity index (χ2n) is 5.38. The van der Waals surface area contributed by atoms with E-state index in [1.54, 1.807) is 6.92 Å². The van der Waals surface area contributed by atoms with E-state index in [-0.39, 0.29) is 11.3 Å². The summed E-state index contributed by atoms with van der Waals surface area (Å²) < 4.78 is 0. The van der Waals surface area contributed by atoms with Crippen LogP contribution in [0.5, 0.6) is 5.75 Å². The number of fused-ring (bicyclic) bond motifs is 1. The Morgan fingerprint density at radius 3 is 2.40 bits per heavy atom. The van der Waals surface area contributed by atoms with E-state index >= 15 is 0 Å². The number of hydrogen-bond acceptors (Lipinski definition) is 4. The molecule has 1 unspecified atom stereocenters. The van der Waals surface area contributed by atoms with E-state index in [2.05, 4.69) is 0 Å². The van der Waals surface area contributed by atoms with Crippen LogP contribution in [-0.2, 0) is 6.42 Å². The van der Waals surface area contributed by atoms with Crippen LogP contribution in [0.3, 0.4) is 0 Å². The zero-order valence-electron chi connectivity index (χ0n) is 12.0. The zero-order chi connectivity index (χ0) is 15.0. The normalized spacial score (nSPS) is 16.1. The summed E-state index contributed by atoms with van der Waals surface area (Å²) in [6.45, 7) is 5.17.